The van der Waals surface area contributed by atoms with E-state index in [-0.39, 0.29) is 22.9 Å². The first-order valence-corrected chi connectivity index (χ1v) is 9.88. The average Bonchev–Trinajstić information content (AvgIpc) is 3.19. The van der Waals surface area contributed by atoms with Gasteiger partial charge in [-0.2, -0.15) is 5.10 Å². The zero-order chi connectivity index (χ0) is 18.0. The largest absolute Gasteiger partial charge is 0.268 e. The Hall–Kier alpha value is -2.30. The van der Waals surface area contributed by atoms with E-state index in [1.807, 2.05) is 19.9 Å². The maximum absolute atomic E-state index is 12.1. The zero-order valence-electron chi connectivity index (χ0n) is 13.7. The van der Waals surface area contributed by atoms with Gasteiger partial charge in [-0.3, -0.25) is 4.79 Å². The topological polar surface area (TPSA) is 98.9 Å². The molecule has 10 heteroatoms. The summed E-state index contributed by atoms with van der Waals surface area (Å²) in [6.45, 7) is 3.95. The second-order valence-corrected chi connectivity index (χ2v) is 8.36. The van der Waals surface area contributed by atoms with Crippen LogP contribution in [0.3, 0.4) is 0 Å². The lowest BCUT2D eigenvalue weighted by Gasteiger charge is -2.09. The summed E-state index contributed by atoms with van der Waals surface area (Å²) < 4.78 is 29.7. The predicted octanol–water partition coefficient (Wildman–Crippen LogP) is 1.09. The number of hydrogen-bond donors (Lipinski definition) is 1. The smallest absolute Gasteiger partial charge is 0.266 e. The molecule has 0 spiro atoms. The Bertz CT molecular complexity index is 1040. The van der Waals surface area contributed by atoms with Crippen LogP contribution in [0.15, 0.2) is 44.7 Å². The Kier molecular flexibility index (Phi) is 4.84. The third-order valence-corrected chi connectivity index (χ3v) is 6.31. The van der Waals surface area contributed by atoms with Crippen LogP contribution in [-0.4, -0.2) is 34.5 Å². The Morgan fingerprint density at radius 3 is 2.64 bits per heavy atom. The van der Waals surface area contributed by atoms with Crippen molar-refractivity contribution in [3.8, 4) is 5.82 Å². The molecule has 0 aromatic carbocycles. The number of aromatic nitrogens is 4. The lowest BCUT2D eigenvalue weighted by Crippen LogP contribution is -2.32. The second kappa shape index (κ2) is 6.90. The van der Waals surface area contributed by atoms with Crippen molar-refractivity contribution in [2.45, 2.75) is 24.6 Å². The fourth-order valence-corrected chi connectivity index (χ4v) is 4.40. The van der Waals surface area contributed by atoms with Crippen molar-refractivity contribution in [1.82, 2.24) is 24.3 Å². The number of nitrogens with one attached hydrogen (secondary N) is 1. The van der Waals surface area contributed by atoms with Crippen LogP contribution < -0.4 is 10.3 Å². The lowest BCUT2D eigenvalue weighted by atomic mass is 10.4. The summed E-state index contributed by atoms with van der Waals surface area (Å²) >= 11 is 1.14. The summed E-state index contributed by atoms with van der Waals surface area (Å²) in [4.78, 5) is 12.0. The normalized spacial score (nSPS) is 11.8. The Balaban J connectivity index is 1.76. The van der Waals surface area contributed by atoms with Crippen LogP contribution in [0.4, 0.5) is 0 Å². The van der Waals surface area contributed by atoms with Gasteiger partial charge in [0, 0.05) is 18.3 Å². The van der Waals surface area contributed by atoms with Crippen molar-refractivity contribution in [3.63, 3.8) is 0 Å². The van der Waals surface area contributed by atoms with E-state index in [0.29, 0.717) is 5.82 Å². The SMILES string of the molecule is Cc1cc(C)n(-c2ccc(=O)n(CCNS(=O)(=O)c3cccs3)n2)n1. The molecule has 1 N–H and O–H groups in total. The molecule has 3 rings (SSSR count). The maximum Gasteiger partial charge on any atom is 0.266 e. The van der Waals surface area contributed by atoms with Gasteiger partial charge in [0.1, 0.15) is 4.21 Å². The fraction of sp³-hybridized carbons (Fsp3) is 0.267. The molecule has 0 aliphatic rings. The van der Waals surface area contributed by atoms with Gasteiger partial charge in [-0.15, -0.1) is 16.4 Å². The number of rotatable bonds is 6. The highest BCUT2D eigenvalue weighted by molar-refractivity contribution is 7.91. The molecule has 3 heterocycles. The number of sulfonamides is 1. The Morgan fingerprint density at radius 1 is 1.20 bits per heavy atom. The van der Waals surface area contributed by atoms with E-state index in [0.717, 1.165) is 22.7 Å². The third-order valence-electron chi connectivity index (χ3n) is 3.45. The first-order valence-electron chi connectivity index (χ1n) is 7.52. The Labute approximate surface area is 148 Å². The molecule has 0 saturated carbocycles. The van der Waals surface area contributed by atoms with Gasteiger partial charge in [-0.25, -0.2) is 22.5 Å². The van der Waals surface area contributed by atoms with Crippen LogP contribution in [0.2, 0.25) is 0 Å². The summed E-state index contributed by atoms with van der Waals surface area (Å²) in [5.41, 5.74) is 1.44. The minimum absolute atomic E-state index is 0.0632. The molecule has 0 fully saturated rings. The number of aryl methyl sites for hydroxylation is 2. The van der Waals surface area contributed by atoms with Gasteiger partial charge < -0.3 is 0 Å². The molecule has 132 valence electrons. The quantitative estimate of drug-likeness (QED) is 0.691. The Morgan fingerprint density at radius 2 is 2.00 bits per heavy atom. The van der Waals surface area contributed by atoms with Crippen LogP contribution in [-0.2, 0) is 16.6 Å². The summed E-state index contributed by atoms with van der Waals surface area (Å²) in [6, 6.07) is 8.09. The van der Waals surface area contributed by atoms with Crippen LogP contribution in [0, 0.1) is 13.8 Å². The molecule has 3 aromatic heterocycles. The molecule has 0 amide bonds. The van der Waals surface area contributed by atoms with Crippen LogP contribution in [0.5, 0.6) is 0 Å². The molecule has 0 saturated heterocycles. The van der Waals surface area contributed by atoms with Crippen LogP contribution >= 0.6 is 11.3 Å². The fourth-order valence-electron chi connectivity index (χ4n) is 2.35. The summed E-state index contributed by atoms with van der Waals surface area (Å²) in [7, 11) is -3.56. The van der Waals surface area contributed by atoms with E-state index in [1.165, 1.54) is 16.8 Å². The van der Waals surface area contributed by atoms with E-state index in [1.54, 1.807) is 22.2 Å². The summed E-state index contributed by atoms with van der Waals surface area (Å²) in [5, 5.41) is 10.3. The maximum atomic E-state index is 12.1. The predicted molar refractivity (Wildman–Crippen MR) is 94.6 cm³/mol. The van der Waals surface area contributed by atoms with Gasteiger partial charge in [0.05, 0.1) is 12.2 Å². The number of thiophene rings is 1. The molecule has 25 heavy (non-hydrogen) atoms. The van der Waals surface area contributed by atoms with E-state index >= 15 is 0 Å². The third kappa shape index (κ3) is 3.86. The molecule has 3 aromatic rings. The van der Waals surface area contributed by atoms with Crippen LogP contribution in [0.25, 0.3) is 5.82 Å². The highest BCUT2D eigenvalue weighted by atomic mass is 32.2. The minimum atomic E-state index is -3.56. The molecule has 0 atom stereocenters. The molecular formula is C15H17N5O3S2. The van der Waals surface area contributed by atoms with Gasteiger partial charge in [0.15, 0.2) is 5.82 Å². The van der Waals surface area contributed by atoms with Crippen molar-refractivity contribution in [1.29, 1.82) is 0 Å². The molecule has 0 aliphatic heterocycles. The monoisotopic (exact) mass is 379 g/mol. The van der Waals surface area contributed by atoms with E-state index in [4.69, 9.17) is 0 Å². The van der Waals surface area contributed by atoms with E-state index in [9.17, 15) is 13.2 Å². The van der Waals surface area contributed by atoms with Crippen molar-refractivity contribution in [3.05, 3.63) is 57.5 Å². The minimum Gasteiger partial charge on any atom is -0.268 e. The molecule has 0 bridgehead atoms. The standard InChI is InChI=1S/C15H17N5O3S2/c1-11-10-12(2)20(17-11)13-5-6-14(21)19(18-13)8-7-16-25(22,23)15-4-3-9-24-15/h3-6,9-10,16H,7-8H2,1-2H3. The molecule has 0 unspecified atom stereocenters. The first kappa shape index (κ1) is 17.5. The van der Waals surface area contributed by atoms with Gasteiger partial charge in [0.2, 0.25) is 10.0 Å². The van der Waals surface area contributed by atoms with Gasteiger partial charge in [0.25, 0.3) is 5.56 Å². The molecule has 0 aliphatic carbocycles. The zero-order valence-corrected chi connectivity index (χ0v) is 15.3. The molecule has 8 nitrogen and oxygen atoms in total. The highest BCUT2D eigenvalue weighted by Crippen LogP contribution is 2.14. The van der Waals surface area contributed by atoms with E-state index < -0.39 is 10.0 Å². The summed E-state index contributed by atoms with van der Waals surface area (Å²) in [6.07, 6.45) is 0. The lowest BCUT2D eigenvalue weighted by molar-refractivity contribution is 0.542. The van der Waals surface area contributed by atoms with Crippen molar-refractivity contribution < 1.29 is 8.42 Å². The van der Waals surface area contributed by atoms with Crippen molar-refractivity contribution >= 4 is 21.4 Å². The second-order valence-electron chi connectivity index (χ2n) is 5.42. The van der Waals surface area contributed by atoms with E-state index in [2.05, 4.69) is 14.9 Å². The highest BCUT2D eigenvalue weighted by Gasteiger charge is 2.14. The van der Waals surface area contributed by atoms with Gasteiger partial charge in [-0.05, 0) is 37.4 Å². The summed E-state index contributed by atoms with van der Waals surface area (Å²) in [5.74, 6) is 0.506. The average molecular weight is 379 g/mol. The molecular weight excluding hydrogens is 362 g/mol. The molecule has 0 radical (unpaired) electrons. The van der Waals surface area contributed by atoms with Crippen molar-refractivity contribution in [2.75, 3.05) is 6.54 Å². The number of hydrogen-bond acceptors (Lipinski definition) is 6. The van der Waals surface area contributed by atoms with Gasteiger partial charge >= 0.3 is 0 Å². The van der Waals surface area contributed by atoms with Crippen molar-refractivity contribution in [2.24, 2.45) is 0 Å². The van der Waals surface area contributed by atoms with Crippen LogP contribution in [0.1, 0.15) is 11.4 Å². The first-order chi connectivity index (χ1) is 11.9. The number of nitrogens with zero attached hydrogens (tertiary/aromatic N) is 4. The van der Waals surface area contributed by atoms with Gasteiger partial charge in [-0.1, -0.05) is 6.07 Å².